The van der Waals surface area contributed by atoms with Gasteiger partial charge >= 0.3 is 152 Å². The maximum atomic E-state index is 2.38. The molecule has 18 heavy (non-hydrogen) atoms. The predicted molar refractivity (Wildman–Crippen MR) is 90.7 cm³/mol. The Kier molecular flexibility index (Phi) is 6.22. The Labute approximate surface area is 150 Å². The molecule has 0 N–H and O–H groups in total. The average Bonchev–Trinajstić information content (AvgIpc) is 2.28. The summed E-state index contributed by atoms with van der Waals surface area (Å²) in [5.74, 6) is 0. The molecule has 0 nitrogen and oxygen atoms in total. The van der Waals surface area contributed by atoms with Gasteiger partial charge in [-0.2, -0.15) is 0 Å². The van der Waals surface area contributed by atoms with E-state index in [1.165, 1.54) is 18.3 Å². The summed E-state index contributed by atoms with van der Waals surface area (Å²) in [4.78, 5) is 0. The Morgan fingerprint density at radius 2 is 1.28 bits per heavy atom. The zero-order valence-corrected chi connectivity index (χ0v) is 16.6. The summed E-state index contributed by atoms with van der Waals surface area (Å²) in [7, 11) is 0. The van der Waals surface area contributed by atoms with E-state index in [1.807, 2.05) is 0 Å². The van der Waals surface area contributed by atoms with Gasteiger partial charge in [-0.15, -0.1) is 0 Å². The maximum absolute atomic E-state index is 2.38. The summed E-state index contributed by atoms with van der Waals surface area (Å²) in [6, 6.07) is 17.6. The Balaban J connectivity index is 2.01. The van der Waals surface area contributed by atoms with E-state index >= 15 is 0 Å². The minimum absolute atomic E-state index is 1.11. The SMILES string of the molecule is [Zr+2]=[C](Cc1cccc(I)c1)Cc1cccc(I)c1. The molecule has 0 aliphatic heterocycles. The molecule has 0 unspecified atom stereocenters. The van der Waals surface area contributed by atoms with Crippen LogP contribution < -0.4 is 0 Å². The zero-order chi connectivity index (χ0) is 13.0. The molecule has 0 amide bonds. The van der Waals surface area contributed by atoms with Crippen LogP contribution in [0.25, 0.3) is 0 Å². The van der Waals surface area contributed by atoms with Crippen molar-refractivity contribution in [1.82, 2.24) is 0 Å². The molecule has 2 rings (SSSR count). The first kappa shape index (κ1) is 15.0. The van der Waals surface area contributed by atoms with Gasteiger partial charge in [0.25, 0.3) is 0 Å². The van der Waals surface area contributed by atoms with E-state index in [9.17, 15) is 0 Å². The van der Waals surface area contributed by atoms with Crippen molar-refractivity contribution in [3.8, 4) is 0 Å². The molecule has 0 aromatic heterocycles. The summed E-state index contributed by atoms with van der Waals surface area (Å²) in [5.41, 5.74) is 2.86. The Bertz CT molecular complexity index is 514. The number of hydrogen-bond acceptors (Lipinski definition) is 0. The van der Waals surface area contributed by atoms with E-state index < -0.39 is 0 Å². The molecule has 0 radical (unpaired) electrons. The molecule has 0 spiro atoms. The van der Waals surface area contributed by atoms with Crippen molar-refractivity contribution in [2.45, 2.75) is 12.8 Å². The van der Waals surface area contributed by atoms with Crippen molar-refractivity contribution in [3.05, 3.63) is 66.8 Å². The molecule has 2 aromatic rings. The second-order valence-electron chi connectivity index (χ2n) is 4.22. The second-order valence-corrected chi connectivity index (χ2v) is 8.45. The molecule has 0 bridgehead atoms. The fraction of sp³-hybridized carbons (Fsp3) is 0.133. The molecule has 0 saturated heterocycles. The molecule has 0 fully saturated rings. The van der Waals surface area contributed by atoms with Crippen LogP contribution in [0.2, 0.25) is 0 Å². The third-order valence-corrected chi connectivity index (χ3v) is 4.82. The van der Waals surface area contributed by atoms with Gasteiger partial charge in [-0.25, -0.2) is 0 Å². The van der Waals surface area contributed by atoms with Gasteiger partial charge in [-0.3, -0.25) is 0 Å². The van der Waals surface area contributed by atoms with E-state index in [1.54, 1.807) is 27.4 Å². The first-order valence-electron chi connectivity index (χ1n) is 5.68. The summed E-state index contributed by atoms with van der Waals surface area (Å²) >= 11 is 6.30. The molecular formula is C15H12I2Zr+2. The molecule has 0 atom stereocenters. The number of rotatable bonds is 4. The van der Waals surface area contributed by atoms with E-state index in [2.05, 4.69) is 93.7 Å². The molecule has 0 aliphatic rings. The molecule has 88 valence electrons. The topological polar surface area (TPSA) is 0 Å². The van der Waals surface area contributed by atoms with Crippen LogP contribution in [0.3, 0.4) is 0 Å². The molecule has 0 heterocycles. The predicted octanol–water partition coefficient (Wildman–Crippen LogP) is 4.40. The van der Waals surface area contributed by atoms with Crippen LogP contribution in [0.5, 0.6) is 0 Å². The standard InChI is InChI=1S/C15H12I2.Zr/c16-14-8-2-6-12(10-14)4-1-5-13-7-3-9-15(17)11-13;/h2-3,6-11H,4-5H2;/q;+2. The molecule has 3 heteroatoms. The van der Waals surface area contributed by atoms with Crippen molar-refractivity contribution >= 4 is 48.4 Å². The summed E-state index contributed by atoms with van der Waals surface area (Å²) in [6.07, 6.45) is 2.22. The van der Waals surface area contributed by atoms with Gasteiger partial charge in [0.1, 0.15) is 0 Å². The van der Waals surface area contributed by atoms with Gasteiger partial charge in [-0.05, 0) is 0 Å². The van der Waals surface area contributed by atoms with Crippen LogP contribution in [0, 0.1) is 7.14 Å². The summed E-state index contributed by atoms with van der Waals surface area (Å²) < 4.78 is 4.25. The van der Waals surface area contributed by atoms with Gasteiger partial charge in [0.2, 0.25) is 0 Å². The van der Waals surface area contributed by atoms with Crippen LogP contribution in [-0.4, -0.2) is 3.21 Å². The van der Waals surface area contributed by atoms with Crippen molar-refractivity contribution in [2.75, 3.05) is 0 Å². The molecular weight excluding hydrogens is 525 g/mol. The number of halogens is 2. The van der Waals surface area contributed by atoms with Crippen LogP contribution in [0.15, 0.2) is 48.5 Å². The van der Waals surface area contributed by atoms with Gasteiger partial charge in [0.15, 0.2) is 0 Å². The number of benzene rings is 2. The van der Waals surface area contributed by atoms with Crippen LogP contribution in [0.1, 0.15) is 11.1 Å². The first-order valence-corrected chi connectivity index (χ1v) is 9.07. The zero-order valence-electron chi connectivity index (χ0n) is 9.79. The minimum atomic E-state index is 1.11. The van der Waals surface area contributed by atoms with E-state index in [-0.39, 0.29) is 0 Å². The average molecular weight is 537 g/mol. The van der Waals surface area contributed by atoms with E-state index in [0.29, 0.717) is 0 Å². The molecule has 2 aromatic carbocycles. The second kappa shape index (κ2) is 7.44. The van der Waals surface area contributed by atoms with Crippen molar-refractivity contribution in [1.29, 1.82) is 0 Å². The third kappa shape index (κ3) is 4.97. The van der Waals surface area contributed by atoms with Gasteiger partial charge in [0.05, 0.1) is 0 Å². The Morgan fingerprint density at radius 1 is 0.833 bits per heavy atom. The van der Waals surface area contributed by atoms with Crippen molar-refractivity contribution in [3.63, 3.8) is 0 Å². The van der Waals surface area contributed by atoms with Crippen molar-refractivity contribution < 1.29 is 24.2 Å². The van der Waals surface area contributed by atoms with E-state index in [4.69, 9.17) is 0 Å². The first-order chi connectivity index (χ1) is 8.63. The monoisotopic (exact) mass is 536 g/mol. The normalized spacial score (nSPS) is 10.4. The van der Waals surface area contributed by atoms with Crippen LogP contribution >= 0.6 is 45.2 Å². The molecule has 0 aliphatic carbocycles. The Morgan fingerprint density at radius 3 is 1.67 bits per heavy atom. The van der Waals surface area contributed by atoms with E-state index in [0.717, 1.165) is 12.8 Å². The summed E-state index contributed by atoms with van der Waals surface area (Å²) in [6.45, 7) is 0. The fourth-order valence-electron chi connectivity index (χ4n) is 1.85. The van der Waals surface area contributed by atoms with Crippen molar-refractivity contribution in [2.24, 2.45) is 0 Å². The Hall–Kier alpha value is 0.653. The van der Waals surface area contributed by atoms with Crippen LogP contribution in [-0.2, 0) is 37.1 Å². The molecule has 0 saturated carbocycles. The summed E-state index contributed by atoms with van der Waals surface area (Å²) in [5, 5.41) is 0. The van der Waals surface area contributed by atoms with Gasteiger partial charge < -0.3 is 0 Å². The number of hydrogen-bond donors (Lipinski definition) is 0. The quantitative estimate of drug-likeness (QED) is 0.508. The van der Waals surface area contributed by atoms with Crippen LogP contribution in [0.4, 0.5) is 0 Å². The van der Waals surface area contributed by atoms with Gasteiger partial charge in [-0.1, -0.05) is 0 Å². The third-order valence-electron chi connectivity index (χ3n) is 2.61. The van der Waals surface area contributed by atoms with Gasteiger partial charge in [0, 0.05) is 0 Å². The fourth-order valence-corrected chi connectivity index (χ4v) is 4.07.